The standard InChI is InChI=1S/C30H28O/c1-21-9-13-25(14-10-21)30(26-15-11-22(2)12-16-26)18-17-24-20-29(3,4)19-23-7-5-6-8-27(23)28(24)31-30/h5-20H,1-4H3. The Hall–Kier alpha value is -3.32. The minimum absolute atomic E-state index is 0.0609. The van der Waals surface area contributed by atoms with Crippen molar-refractivity contribution in [2.45, 2.75) is 33.3 Å². The van der Waals surface area contributed by atoms with E-state index in [1.807, 2.05) is 0 Å². The van der Waals surface area contributed by atoms with Crippen LogP contribution in [0.2, 0.25) is 0 Å². The fourth-order valence-electron chi connectivity index (χ4n) is 4.61. The first-order valence-corrected chi connectivity index (χ1v) is 10.9. The summed E-state index contributed by atoms with van der Waals surface area (Å²) in [5.74, 6) is 0.945. The molecule has 0 atom stereocenters. The third-order valence-electron chi connectivity index (χ3n) is 6.24. The lowest BCUT2D eigenvalue weighted by molar-refractivity contribution is 0.121. The first kappa shape index (κ1) is 19.6. The molecule has 0 radical (unpaired) electrons. The molecule has 2 aliphatic rings. The maximum absolute atomic E-state index is 7.07. The molecule has 3 aromatic carbocycles. The van der Waals surface area contributed by atoms with Crippen molar-refractivity contribution in [3.8, 4) is 0 Å². The van der Waals surface area contributed by atoms with E-state index in [1.165, 1.54) is 16.3 Å². The highest BCUT2D eigenvalue weighted by atomic mass is 16.5. The first-order chi connectivity index (χ1) is 14.9. The molecule has 0 saturated carbocycles. The minimum atomic E-state index is -0.671. The Morgan fingerprint density at radius 1 is 0.677 bits per heavy atom. The Bertz CT molecular complexity index is 1270. The van der Waals surface area contributed by atoms with E-state index < -0.39 is 5.60 Å². The van der Waals surface area contributed by atoms with Gasteiger partial charge in [-0.15, -0.1) is 0 Å². The van der Waals surface area contributed by atoms with Crippen LogP contribution < -0.4 is 10.4 Å². The number of aryl methyl sites for hydroxylation is 2. The van der Waals surface area contributed by atoms with Crippen molar-refractivity contribution in [1.29, 1.82) is 0 Å². The monoisotopic (exact) mass is 404 g/mol. The van der Waals surface area contributed by atoms with E-state index in [0.29, 0.717) is 0 Å². The molecule has 3 aromatic rings. The number of fused-ring (bicyclic) bond motifs is 2. The molecule has 0 bridgehead atoms. The van der Waals surface area contributed by atoms with Crippen LogP contribution in [-0.2, 0) is 10.3 Å². The molecule has 0 saturated heterocycles. The normalized spacial score (nSPS) is 18.1. The van der Waals surface area contributed by atoms with Gasteiger partial charge in [-0.25, -0.2) is 0 Å². The highest BCUT2D eigenvalue weighted by molar-refractivity contribution is 5.70. The lowest BCUT2D eigenvalue weighted by Crippen LogP contribution is -2.36. The maximum Gasteiger partial charge on any atom is 0.178 e. The molecule has 5 rings (SSSR count). The average molecular weight is 405 g/mol. The van der Waals surface area contributed by atoms with Crippen molar-refractivity contribution in [3.63, 3.8) is 0 Å². The van der Waals surface area contributed by atoms with Crippen LogP contribution in [0, 0.1) is 19.3 Å². The van der Waals surface area contributed by atoms with Gasteiger partial charge in [-0.2, -0.15) is 0 Å². The Labute approximate surface area is 184 Å². The van der Waals surface area contributed by atoms with Gasteiger partial charge < -0.3 is 4.74 Å². The van der Waals surface area contributed by atoms with E-state index in [0.717, 1.165) is 27.7 Å². The number of ether oxygens (including phenoxy) is 1. The van der Waals surface area contributed by atoms with Crippen LogP contribution in [0.1, 0.15) is 36.1 Å². The summed E-state index contributed by atoms with van der Waals surface area (Å²) in [4.78, 5) is 0. The number of allylic oxidation sites excluding steroid dienone is 1. The second-order valence-corrected chi connectivity index (χ2v) is 9.38. The zero-order valence-corrected chi connectivity index (χ0v) is 18.6. The van der Waals surface area contributed by atoms with Crippen molar-refractivity contribution >= 4 is 11.8 Å². The topological polar surface area (TPSA) is 9.23 Å². The minimum Gasteiger partial charge on any atom is -0.472 e. The number of rotatable bonds is 2. The molecule has 0 amide bonds. The van der Waals surface area contributed by atoms with Gasteiger partial charge in [0.25, 0.3) is 0 Å². The van der Waals surface area contributed by atoms with Crippen molar-refractivity contribution in [3.05, 3.63) is 129 Å². The molecule has 1 aliphatic carbocycles. The zero-order valence-electron chi connectivity index (χ0n) is 18.6. The largest absolute Gasteiger partial charge is 0.472 e. The van der Waals surface area contributed by atoms with Crippen LogP contribution in [0.3, 0.4) is 0 Å². The van der Waals surface area contributed by atoms with Gasteiger partial charge in [0.2, 0.25) is 0 Å². The SMILES string of the molecule is Cc1ccc(C2(c3ccc(C)cc3)C=CC3=CC(C)(C)C=c4ccccc4=C3O2)cc1. The van der Waals surface area contributed by atoms with E-state index in [2.05, 4.69) is 125 Å². The van der Waals surface area contributed by atoms with Crippen LogP contribution in [-0.4, -0.2) is 0 Å². The molecule has 0 fully saturated rings. The highest BCUT2D eigenvalue weighted by Gasteiger charge is 2.38. The highest BCUT2D eigenvalue weighted by Crippen LogP contribution is 2.43. The molecular formula is C30H28O. The lowest BCUT2D eigenvalue weighted by atomic mass is 9.82. The molecule has 0 aromatic heterocycles. The fraction of sp³-hybridized carbons (Fsp3) is 0.200. The van der Waals surface area contributed by atoms with Gasteiger partial charge in [0.1, 0.15) is 5.76 Å². The average Bonchev–Trinajstić information content (AvgIpc) is 2.86. The summed E-state index contributed by atoms with van der Waals surface area (Å²) < 4.78 is 7.07. The Morgan fingerprint density at radius 3 is 1.87 bits per heavy atom. The third kappa shape index (κ3) is 3.45. The predicted octanol–water partition coefficient (Wildman–Crippen LogP) is 5.69. The molecule has 0 unspecified atom stereocenters. The van der Waals surface area contributed by atoms with Crippen LogP contribution in [0.4, 0.5) is 0 Å². The van der Waals surface area contributed by atoms with Crippen LogP contribution in [0.5, 0.6) is 0 Å². The molecule has 31 heavy (non-hydrogen) atoms. The zero-order chi connectivity index (χ0) is 21.6. The molecule has 1 heteroatoms. The molecule has 0 spiro atoms. The van der Waals surface area contributed by atoms with Gasteiger partial charge in [-0.3, -0.25) is 0 Å². The molecule has 1 heterocycles. The Morgan fingerprint density at radius 2 is 1.26 bits per heavy atom. The van der Waals surface area contributed by atoms with Crippen molar-refractivity contribution < 1.29 is 4.74 Å². The molecule has 1 aliphatic heterocycles. The number of hydrogen-bond acceptors (Lipinski definition) is 1. The smallest absolute Gasteiger partial charge is 0.178 e. The fourth-order valence-corrected chi connectivity index (χ4v) is 4.61. The molecule has 0 N–H and O–H groups in total. The Kier molecular flexibility index (Phi) is 4.51. The van der Waals surface area contributed by atoms with Gasteiger partial charge >= 0.3 is 0 Å². The van der Waals surface area contributed by atoms with E-state index in [-0.39, 0.29) is 5.41 Å². The van der Waals surface area contributed by atoms with E-state index in [4.69, 9.17) is 4.74 Å². The molecular weight excluding hydrogens is 376 g/mol. The number of hydrogen-bond donors (Lipinski definition) is 0. The van der Waals surface area contributed by atoms with Gasteiger partial charge in [-0.05, 0) is 25.1 Å². The molecule has 154 valence electrons. The van der Waals surface area contributed by atoms with Gasteiger partial charge in [0, 0.05) is 27.3 Å². The second kappa shape index (κ2) is 7.13. The third-order valence-corrected chi connectivity index (χ3v) is 6.24. The number of benzene rings is 3. The summed E-state index contributed by atoms with van der Waals surface area (Å²) in [5.41, 5.74) is 5.16. The summed E-state index contributed by atoms with van der Waals surface area (Å²) >= 11 is 0. The second-order valence-electron chi connectivity index (χ2n) is 9.38. The predicted molar refractivity (Wildman–Crippen MR) is 129 cm³/mol. The van der Waals surface area contributed by atoms with Gasteiger partial charge in [0.05, 0.1) is 0 Å². The van der Waals surface area contributed by atoms with E-state index in [9.17, 15) is 0 Å². The first-order valence-electron chi connectivity index (χ1n) is 10.9. The van der Waals surface area contributed by atoms with Crippen molar-refractivity contribution in [1.82, 2.24) is 0 Å². The summed E-state index contributed by atoms with van der Waals surface area (Å²) in [7, 11) is 0. The van der Waals surface area contributed by atoms with Crippen molar-refractivity contribution in [2.75, 3.05) is 0 Å². The molecule has 1 nitrogen and oxygen atoms in total. The van der Waals surface area contributed by atoms with Gasteiger partial charge in [0.15, 0.2) is 5.60 Å². The van der Waals surface area contributed by atoms with Crippen LogP contribution in [0.15, 0.2) is 96.6 Å². The summed E-state index contributed by atoms with van der Waals surface area (Å²) in [6, 6.07) is 26.0. The summed E-state index contributed by atoms with van der Waals surface area (Å²) in [6.07, 6.45) is 9.11. The lowest BCUT2D eigenvalue weighted by Gasteiger charge is -2.37. The van der Waals surface area contributed by atoms with Gasteiger partial charge in [-0.1, -0.05) is 116 Å². The summed E-state index contributed by atoms with van der Waals surface area (Å²) in [5, 5.41) is 2.36. The van der Waals surface area contributed by atoms with E-state index >= 15 is 0 Å². The summed E-state index contributed by atoms with van der Waals surface area (Å²) in [6.45, 7) is 8.73. The van der Waals surface area contributed by atoms with Crippen LogP contribution >= 0.6 is 0 Å². The van der Waals surface area contributed by atoms with Crippen molar-refractivity contribution in [2.24, 2.45) is 5.41 Å². The van der Waals surface area contributed by atoms with Crippen LogP contribution in [0.25, 0.3) is 11.8 Å². The Balaban J connectivity index is 1.82. The maximum atomic E-state index is 7.07. The van der Waals surface area contributed by atoms with E-state index in [1.54, 1.807) is 0 Å². The quantitative estimate of drug-likeness (QED) is 0.533.